The lowest BCUT2D eigenvalue weighted by atomic mass is 9.79. The fraction of sp³-hybridized carbons (Fsp3) is 0.625. The van der Waals surface area contributed by atoms with Crippen LogP contribution in [0.3, 0.4) is 0 Å². The normalized spacial score (nSPS) is 29.0. The van der Waals surface area contributed by atoms with Gasteiger partial charge in [0.2, 0.25) is 0 Å². The van der Waals surface area contributed by atoms with Gasteiger partial charge in [0.25, 0.3) is 0 Å². The lowest BCUT2D eigenvalue weighted by molar-refractivity contribution is -0.155. The molecule has 4 N–H and O–H groups in total. The maximum absolute atomic E-state index is 10.6. The van der Waals surface area contributed by atoms with E-state index in [0.29, 0.717) is 25.7 Å². The van der Waals surface area contributed by atoms with E-state index in [1.54, 1.807) is 6.08 Å². The minimum absolute atomic E-state index is 0.419. The van der Waals surface area contributed by atoms with Crippen LogP contribution >= 0.6 is 0 Å². The van der Waals surface area contributed by atoms with Gasteiger partial charge >= 0.3 is 23.9 Å². The summed E-state index contributed by atoms with van der Waals surface area (Å²) in [4.78, 5) is 42.3. The second kappa shape index (κ2) is 9.05. The van der Waals surface area contributed by atoms with Crippen molar-refractivity contribution in [2.45, 2.75) is 38.5 Å². The van der Waals surface area contributed by atoms with Crippen LogP contribution in [0.2, 0.25) is 0 Å². The van der Waals surface area contributed by atoms with Gasteiger partial charge < -0.3 is 20.4 Å². The molecule has 8 heteroatoms. The van der Waals surface area contributed by atoms with Crippen LogP contribution < -0.4 is 0 Å². The summed E-state index contributed by atoms with van der Waals surface area (Å²) in [6, 6.07) is 0. The third kappa shape index (κ3) is 5.36. The third-order valence-corrected chi connectivity index (χ3v) is 4.42. The number of carboxylic acid groups (broad SMARTS) is 4. The fourth-order valence-electron chi connectivity index (χ4n) is 3.09. The monoisotopic (exact) mass is 342 g/mol. The molecule has 0 bridgehead atoms. The van der Waals surface area contributed by atoms with Crippen LogP contribution in [0, 0.1) is 23.7 Å². The van der Waals surface area contributed by atoms with Crippen molar-refractivity contribution in [2.24, 2.45) is 23.7 Å². The molecule has 0 aromatic carbocycles. The summed E-state index contributed by atoms with van der Waals surface area (Å²) in [7, 11) is 0. The molecule has 0 aliphatic heterocycles. The molecule has 1 saturated carbocycles. The summed E-state index contributed by atoms with van der Waals surface area (Å²) < 4.78 is 0. The highest BCUT2D eigenvalue weighted by atomic mass is 16.4. The van der Waals surface area contributed by atoms with Gasteiger partial charge in [-0.3, -0.25) is 19.2 Å². The second-order valence-corrected chi connectivity index (χ2v) is 5.99. The standard InChI is InChI=1S/C8H12O4.C8H10O4/c2*9-7(10)5-3-1-2-4-6(5)8(11)12/h5-6H,1-4H2,(H,9,10)(H,11,12);1,3,5-6H,2,4H2,(H,9,10)(H,11,12). The van der Waals surface area contributed by atoms with Crippen molar-refractivity contribution in [2.75, 3.05) is 0 Å². The van der Waals surface area contributed by atoms with Crippen LogP contribution in [0.15, 0.2) is 12.2 Å². The number of carbonyl (C=O) groups is 4. The van der Waals surface area contributed by atoms with Gasteiger partial charge in [0.15, 0.2) is 0 Å². The van der Waals surface area contributed by atoms with E-state index < -0.39 is 47.5 Å². The smallest absolute Gasteiger partial charge is 0.311 e. The first-order chi connectivity index (χ1) is 11.3. The van der Waals surface area contributed by atoms with E-state index in [-0.39, 0.29) is 0 Å². The van der Waals surface area contributed by atoms with Crippen LogP contribution in [0.25, 0.3) is 0 Å². The van der Waals surface area contributed by atoms with Gasteiger partial charge in [-0.25, -0.2) is 0 Å². The molecule has 0 spiro atoms. The molecule has 0 aromatic heterocycles. The van der Waals surface area contributed by atoms with Gasteiger partial charge in [-0.05, 0) is 25.7 Å². The highest BCUT2D eigenvalue weighted by Crippen LogP contribution is 2.30. The van der Waals surface area contributed by atoms with E-state index in [1.165, 1.54) is 6.08 Å². The first-order valence-electron chi connectivity index (χ1n) is 7.83. The molecule has 1 fully saturated rings. The lowest BCUT2D eigenvalue weighted by Gasteiger charge is -2.24. The predicted molar refractivity (Wildman–Crippen MR) is 81.3 cm³/mol. The molecule has 2 rings (SSSR count). The van der Waals surface area contributed by atoms with Crippen LogP contribution in [-0.2, 0) is 19.2 Å². The highest BCUT2D eigenvalue weighted by molar-refractivity contribution is 5.82. The van der Waals surface area contributed by atoms with Gasteiger partial charge in [0.05, 0.1) is 23.7 Å². The van der Waals surface area contributed by atoms with E-state index in [1.807, 2.05) is 0 Å². The average Bonchev–Trinajstić information content (AvgIpc) is 2.55. The molecular weight excluding hydrogens is 320 g/mol. The Kier molecular flexibility index (Phi) is 7.41. The Balaban J connectivity index is 0.000000240. The second-order valence-electron chi connectivity index (χ2n) is 5.99. The first kappa shape index (κ1) is 19.7. The van der Waals surface area contributed by atoms with Crippen molar-refractivity contribution < 1.29 is 39.6 Å². The Labute approximate surface area is 138 Å². The van der Waals surface area contributed by atoms with Crippen LogP contribution in [0.5, 0.6) is 0 Å². The summed E-state index contributed by atoms with van der Waals surface area (Å²) in [5.41, 5.74) is 0. The van der Waals surface area contributed by atoms with Crippen LogP contribution in [0.4, 0.5) is 0 Å². The molecule has 24 heavy (non-hydrogen) atoms. The number of carboxylic acids is 4. The van der Waals surface area contributed by atoms with Crippen LogP contribution in [-0.4, -0.2) is 44.3 Å². The van der Waals surface area contributed by atoms with Gasteiger partial charge in [-0.15, -0.1) is 0 Å². The maximum Gasteiger partial charge on any atom is 0.311 e. The molecule has 2 aliphatic rings. The molecule has 0 amide bonds. The molecule has 2 aliphatic carbocycles. The number of hydrogen-bond donors (Lipinski definition) is 4. The Morgan fingerprint density at radius 2 is 1.12 bits per heavy atom. The molecule has 8 nitrogen and oxygen atoms in total. The maximum atomic E-state index is 10.6. The lowest BCUT2D eigenvalue weighted by Crippen LogP contribution is -2.32. The van der Waals surface area contributed by atoms with Crippen molar-refractivity contribution in [3.05, 3.63) is 12.2 Å². The van der Waals surface area contributed by atoms with E-state index in [4.69, 9.17) is 20.4 Å². The average molecular weight is 342 g/mol. The summed E-state index contributed by atoms with van der Waals surface area (Å²) in [6.45, 7) is 0. The first-order valence-corrected chi connectivity index (χ1v) is 7.83. The number of allylic oxidation sites excluding steroid dienone is 1. The quantitative estimate of drug-likeness (QED) is 0.564. The van der Waals surface area contributed by atoms with Gasteiger partial charge in [-0.2, -0.15) is 0 Å². The third-order valence-electron chi connectivity index (χ3n) is 4.42. The van der Waals surface area contributed by atoms with Crippen molar-refractivity contribution in [1.82, 2.24) is 0 Å². The molecule has 4 unspecified atom stereocenters. The number of aliphatic carboxylic acids is 4. The van der Waals surface area contributed by atoms with E-state index in [2.05, 4.69) is 0 Å². The Morgan fingerprint density at radius 1 is 0.667 bits per heavy atom. The molecule has 0 saturated heterocycles. The van der Waals surface area contributed by atoms with E-state index in [9.17, 15) is 19.2 Å². The zero-order valence-corrected chi connectivity index (χ0v) is 13.1. The molecule has 0 heterocycles. The Hall–Kier alpha value is -2.38. The SMILES string of the molecule is O=C(O)C1C=CCCC1C(=O)O.O=C(O)C1CCCCC1C(=O)O. The van der Waals surface area contributed by atoms with Crippen molar-refractivity contribution >= 4 is 23.9 Å². The summed E-state index contributed by atoms with van der Waals surface area (Å²) >= 11 is 0. The molecule has 4 atom stereocenters. The zero-order valence-electron chi connectivity index (χ0n) is 13.1. The molecule has 0 radical (unpaired) electrons. The molecule has 0 aromatic rings. The van der Waals surface area contributed by atoms with Gasteiger partial charge in [-0.1, -0.05) is 25.0 Å². The Bertz CT molecular complexity index is 502. The van der Waals surface area contributed by atoms with Gasteiger partial charge in [0, 0.05) is 0 Å². The van der Waals surface area contributed by atoms with E-state index >= 15 is 0 Å². The van der Waals surface area contributed by atoms with Crippen LogP contribution in [0.1, 0.15) is 38.5 Å². The summed E-state index contributed by atoms with van der Waals surface area (Å²) in [6.07, 6.45) is 6.94. The minimum atomic E-state index is -1.06. The van der Waals surface area contributed by atoms with Gasteiger partial charge in [0.1, 0.15) is 0 Å². The molecular formula is C16H22O8. The molecule has 134 valence electrons. The predicted octanol–water partition coefficient (Wildman–Crippen LogP) is 1.70. The number of hydrogen-bond acceptors (Lipinski definition) is 4. The van der Waals surface area contributed by atoms with Crippen molar-refractivity contribution in [3.63, 3.8) is 0 Å². The number of rotatable bonds is 4. The zero-order chi connectivity index (χ0) is 18.3. The topological polar surface area (TPSA) is 149 Å². The highest BCUT2D eigenvalue weighted by Gasteiger charge is 2.35. The Morgan fingerprint density at radius 3 is 1.46 bits per heavy atom. The minimum Gasteiger partial charge on any atom is -0.481 e. The van der Waals surface area contributed by atoms with Crippen molar-refractivity contribution in [3.8, 4) is 0 Å². The van der Waals surface area contributed by atoms with Crippen molar-refractivity contribution in [1.29, 1.82) is 0 Å². The van der Waals surface area contributed by atoms with E-state index in [0.717, 1.165) is 12.8 Å². The largest absolute Gasteiger partial charge is 0.481 e. The summed E-state index contributed by atoms with van der Waals surface area (Å²) in [5.74, 6) is -6.97. The summed E-state index contributed by atoms with van der Waals surface area (Å²) in [5, 5.41) is 34.7. The fourth-order valence-corrected chi connectivity index (χ4v) is 3.09.